The Morgan fingerprint density at radius 3 is 2.95 bits per heavy atom. The molecule has 1 aromatic carbocycles. The van der Waals surface area contributed by atoms with Gasteiger partial charge in [0.2, 0.25) is 0 Å². The Bertz CT molecular complexity index is 600. The summed E-state index contributed by atoms with van der Waals surface area (Å²) in [6.45, 7) is 0.526. The Kier molecular flexibility index (Phi) is 4.68. The zero-order valence-electron chi connectivity index (χ0n) is 10.5. The minimum absolute atomic E-state index is 0.182. The molecule has 0 saturated heterocycles. The normalized spacial score (nSPS) is 10.9. The predicted molar refractivity (Wildman–Crippen MR) is 75.0 cm³/mol. The molecule has 0 fully saturated rings. The molecular formula is C12H13ClN2O3S. The van der Waals surface area contributed by atoms with Crippen LogP contribution in [0.5, 0.6) is 0 Å². The van der Waals surface area contributed by atoms with E-state index in [1.807, 2.05) is 6.26 Å². The van der Waals surface area contributed by atoms with Crippen molar-refractivity contribution < 1.29 is 14.3 Å². The number of methoxy groups -OCH3 is 1. The maximum Gasteiger partial charge on any atom is 0.342 e. The van der Waals surface area contributed by atoms with E-state index in [0.717, 1.165) is 10.7 Å². The molecule has 2 rings (SSSR count). The number of aromatic nitrogens is 2. The smallest absolute Gasteiger partial charge is 0.342 e. The molecule has 0 bridgehead atoms. The lowest BCUT2D eigenvalue weighted by Crippen LogP contribution is -2.11. The number of hydrogen-bond acceptors (Lipinski definition) is 5. The quantitative estimate of drug-likeness (QED) is 0.522. The van der Waals surface area contributed by atoms with Crippen LogP contribution in [-0.4, -0.2) is 42.5 Å². The van der Waals surface area contributed by atoms with Crippen molar-refractivity contribution in [2.45, 2.75) is 5.16 Å². The first kappa shape index (κ1) is 14.2. The van der Waals surface area contributed by atoms with Crippen LogP contribution >= 0.6 is 23.4 Å². The van der Waals surface area contributed by atoms with E-state index in [1.54, 1.807) is 19.2 Å². The standard InChI is InChI=1S/C12H13ClN2O3S/c1-17-5-6-18-11(16)9-7(13)3-4-8-10(9)15-12(14-8)19-2/h3-4H,5-6H2,1-2H3,(H,14,15). The fourth-order valence-corrected chi connectivity index (χ4v) is 2.23. The number of thioether (sulfide) groups is 1. The summed E-state index contributed by atoms with van der Waals surface area (Å²) in [4.78, 5) is 19.5. The minimum atomic E-state index is -0.494. The summed E-state index contributed by atoms with van der Waals surface area (Å²) in [5, 5.41) is 1.05. The monoisotopic (exact) mass is 300 g/mol. The Morgan fingerprint density at radius 1 is 1.47 bits per heavy atom. The van der Waals surface area contributed by atoms with Gasteiger partial charge in [0, 0.05) is 7.11 Å². The van der Waals surface area contributed by atoms with Crippen molar-refractivity contribution in [2.24, 2.45) is 0 Å². The molecule has 19 heavy (non-hydrogen) atoms. The molecule has 0 aliphatic rings. The van der Waals surface area contributed by atoms with Crippen molar-refractivity contribution >= 4 is 40.4 Å². The van der Waals surface area contributed by atoms with Gasteiger partial charge in [-0.1, -0.05) is 23.4 Å². The summed E-state index contributed by atoms with van der Waals surface area (Å²) in [6, 6.07) is 3.44. The van der Waals surface area contributed by atoms with Crippen molar-refractivity contribution in [3.05, 3.63) is 22.7 Å². The highest BCUT2D eigenvalue weighted by Crippen LogP contribution is 2.27. The second kappa shape index (κ2) is 6.27. The van der Waals surface area contributed by atoms with Crippen LogP contribution in [0.25, 0.3) is 11.0 Å². The van der Waals surface area contributed by atoms with E-state index in [0.29, 0.717) is 17.1 Å². The van der Waals surface area contributed by atoms with Gasteiger partial charge in [-0.15, -0.1) is 0 Å². The van der Waals surface area contributed by atoms with Crippen LogP contribution in [0.1, 0.15) is 10.4 Å². The number of benzene rings is 1. The number of ether oxygens (including phenoxy) is 2. The van der Waals surface area contributed by atoms with Gasteiger partial charge in [-0.25, -0.2) is 9.78 Å². The molecule has 0 atom stereocenters. The van der Waals surface area contributed by atoms with Gasteiger partial charge in [0.25, 0.3) is 0 Å². The van der Waals surface area contributed by atoms with E-state index in [9.17, 15) is 4.79 Å². The second-order valence-corrected chi connectivity index (χ2v) is 4.90. The van der Waals surface area contributed by atoms with Crippen LogP contribution in [0, 0.1) is 0 Å². The van der Waals surface area contributed by atoms with Crippen molar-refractivity contribution in [2.75, 3.05) is 26.6 Å². The number of H-pyrrole nitrogens is 1. The van der Waals surface area contributed by atoms with E-state index in [2.05, 4.69) is 9.97 Å². The number of fused-ring (bicyclic) bond motifs is 1. The largest absolute Gasteiger partial charge is 0.460 e. The number of carbonyl (C=O) groups excluding carboxylic acids is 1. The fourth-order valence-electron chi connectivity index (χ4n) is 1.61. The third kappa shape index (κ3) is 3.02. The summed E-state index contributed by atoms with van der Waals surface area (Å²) in [5.41, 5.74) is 1.57. The SMILES string of the molecule is COCCOC(=O)c1c(Cl)ccc2[nH]c(SC)nc12. The van der Waals surface area contributed by atoms with Gasteiger partial charge in [-0.05, 0) is 18.4 Å². The van der Waals surface area contributed by atoms with Crippen LogP contribution < -0.4 is 0 Å². The summed E-state index contributed by atoms with van der Waals surface area (Å²) < 4.78 is 9.92. The Morgan fingerprint density at radius 2 is 2.26 bits per heavy atom. The first-order valence-corrected chi connectivity index (χ1v) is 7.16. The van der Waals surface area contributed by atoms with Crippen LogP contribution in [0.3, 0.4) is 0 Å². The number of aromatic amines is 1. The van der Waals surface area contributed by atoms with Gasteiger partial charge >= 0.3 is 5.97 Å². The molecule has 102 valence electrons. The lowest BCUT2D eigenvalue weighted by atomic mass is 10.2. The Balaban J connectivity index is 2.37. The first-order valence-electron chi connectivity index (χ1n) is 5.55. The van der Waals surface area contributed by atoms with Gasteiger partial charge < -0.3 is 14.5 Å². The predicted octanol–water partition coefficient (Wildman–Crippen LogP) is 2.74. The highest BCUT2D eigenvalue weighted by Gasteiger charge is 2.19. The number of hydrogen-bond donors (Lipinski definition) is 1. The van der Waals surface area contributed by atoms with Crippen LogP contribution in [0.15, 0.2) is 17.3 Å². The molecule has 0 spiro atoms. The molecule has 1 N–H and O–H groups in total. The summed E-state index contributed by atoms with van der Waals surface area (Å²) in [5.74, 6) is -0.494. The van der Waals surface area contributed by atoms with E-state index in [4.69, 9.17) is 21.1 Å². The average Bonchev–Trinajstić information content (AvgIpc) is 2.81. The fraction of sp³-hybridized carbons (Fsp3) is 0.333. The molecule has 0 aliphatic carbocycles. The van der Waals surface area contributed by atoms with E-state index in [1.165, 1.54) is 11.8 Å². The van der Waals surface area contributed by atoms with Gasteiger partial charge in [-0.3, -0.25) is 0 Å². The number of carbonyl (C=O) groups is 1. The number of halogens is 1. The highest BCUT2D eigenvalue weighted by atomic mass is 35.5. The second-order valence-electron chi connectivity index (χ2n) is 3.69. The molecule has 1 aromatic heterocycles. The Hall–Kier alpha value is -1.24. The molecule has 7 heteroatoms. The van der Waals surface area contributed by atoms with Gasteiger partial charge in [0.1, 0.15) is 17.7 Å². The molecule has 5 nitrogen and oxygen atoms in total. The van der Waals surface area contributed by atoms with Gasteiger partial charge in [0.05, 0.1) is 17.1 Å². The van der Waals surface area contributed by atoms with Gasteiger partial charge in [-0.2, -0.15) is 0 Å². The average molecular weight is 301 g/mol. The van der Waals surface area contributed by atoms with Crippen LogP contribution in [0.4, 0.5) is 0 Å². The van der Waals surface area contributed by atoms with Crippen LogP contribution in [0.2, 0.25) is 5.02 Å². The lowest BCUT2D eigenvalue weighted by molar-refractivity contribution is 0.0390. The zero-order valence-corrected chi connectivity index (χ0v) is 12.1. The molecule has 0 radical (unpaired) electrons. The summed E-state index contributed by atoms with van der Waals surface area (Å²) in [6.07, 6.45) is 1.90. The third-order valence-corrected chi connectivity index (χ3v) is 3.40. The maximum atomic E-state index is 12.0. The number of esters is 1. The zero-order chi connectivity index (χ0) is 13.8. The highest BCUT2D eigenvalue weighted by molar-refractivity contribution is 7.98. The van der Waals surface area contributed by atoms with Crippen molar-refractivity contribution in [1.29, 1.82) is 0 Å². The molecule has 0 amide bonds. The molecule has 2 aromatic rings. The molecular weight excluding hydrogens is 288 g/mol. The number of nitrogens with zero attached hydrogens (tertiary/aromatic N) is 1. The number of rotatable bonds is 5. The van der Waals surface area contributed by atoms with Crippen LogP contribution in [-0.2, 0) is 9.47 Å². The van der Waals surface area contributed by atoms with Gasteiger partial charge in [0.15, 0.2) is 5.16 Å². The molecule has 0 saturated carbocycles. The maximum absolute atomic E-state index is 12.0. The summed E-state index contributed by atoms with van der Waals surface area (Å²) >= 11 is 7.53. The lowest BCUT2D eigenvalue weighted by Gasteiger charge is -2.06. The molecule has 0 unspecified atom stereocenters. The summed E-state index contributed by atoms with van der Waals surface area (Å²) in [7, 11) is 1.54. The number of imidazole rings is 1. The molecule has 0 aliphatic heterocycles. The number of nitrogens with one attached hydrogen (secondary N) is 1. The molecule has 1 heterocycles. The third-order valence-electron chi connectivity index (χ3n) is 2.50. The van der Waals surface area contributed by atoms with Crippen molar-refractivity contribution in [3.63, 3.8) is 0 Å². The van der Waals surface area contributed by atoms with E-state index < -0.39 is 5.97 Å². The van der Waals surface area contributed by atoms with E-state index >= 15 is 0 Å². The first-order chi connectivity index (χ1) is 9.17. The van der Waals surface area contributed by atoms with Crippen molar-refractivity contribution in [3.8, 4) is 0 Å². The Labute approximate surface area is 119 Å². The minimum Gasteiger partial charge on any atom is -0.460 e. The van der Waals surface area contributed by atoms with E-state index in [-0.39, 0.29) is 12.2 Å². The van der Waals surface area contributed by atoms with Crippen molar-refractivity contribution in [1.82, 2.24) is 9.97 Å². The topological polar surface area (TPSA) is 64.2 Å².